The zero-order valence-corrected chi connectivity index (χ0v) is 11.8. The molecule has 0 aromatic carbocycles. The number of hydrogen-bond donors (Lipinski definition) is 3. The molecular formula is C14H17N3O4. The molecule has 0 aliphatic heterocycles. The first-order chi connectivity index (χ1) is 9.95. The predicted octanol–water partition coefficient (Wildman–Crippen LogP) is 1.00. The number of carboxylic acid groups (broad SMARTS) is 1. The molecule has 0 aliphatic rings. The molecule has 0 saturated heterocycles. The van der Waals surface area contributed by atoms with Gasteiger partial charge in [-0.3, -0.25) is 4.79 Å². The average Bonchev–Trinajstić information content (AvgIpc) is 2.93. The van der Waals surface area contributed by atoms with Gasteiger partial charge >= 0.3 is 5.97 Å². The Morgan fingerprint density at radius 2 is 2.24 bits per heavy atom. The minimum absolute atomic E-state index is 0.150. The number of carbonyl (C=O) groups excluding carboxylic acids is 1. The Labute approximate surface area is 122 Å². The Hall–Kier alpha value is -2.75. The number of nitrogens with one attached hydrogen (secondary N) is 2. The molecule has 3 N–H and O–H groups in total. The number of carboxylic acids is 1. The van der Waals surface area contributed by atoms with E-state index in [4.69, 9.17) is 14.8 Å². The first kappa shape index (κ1) is 16.3. The van der Waals surface area contributed by atoms with Gasteiger partial charge in [-0.15, -0.1) is 0 Å². The van der Waals surface area contributed by atoms with Crippen molar-refractivity contribution < 1.29 is 19.1 Å². The van der Waals surface area contributed by atoms with Gasteiger partial charge in [0, 0.05) is 6.20 Å². The molecule has 7 heteroatoms. The van der Waals surface area contributed by atoms with Crippen LogP contribution in [0.2, 0.25) is 0 Å². The van der Waals surface area contributed by atoms with Crippen LogP contribution >= 0.6 is 0 Å². The van der Waals surface area contributed by atoms with Crippen LogP contribution in [0.1, 0.15) is 19.6 Å². The fourth-order valence-electron chi connectivity index (χ4n) is 1.55. The quantitative estimate of drug-likeness (QED) is 0.510. The normalized spacial score (nSPS) is 12.6. The van der Waals surface area contributed by atoms with Crippen molar-refractivity contribution >= 4 is 11.9 Å². The molecule has 112 valence electrons. The first-order valence-corrected chi connectivity index (χ1v) is 6.35. The second kappa shape index (κ2) is 7.75. The van der Waals surface area contributed by atoms with Crippen molar-refractivity contribution in [3.8, 4) is 6.07 Å². The molecule has 0 bridgehead atoms. The van der Waals surface area contributed by atoms with Gasteiger partial charge in [-0.1, -0.05) is 13.8 Å². The van der Waals surface area contributed by atoms with Crippen LogP contribution in [-0.4, -0.2) is 23.0 Å². The summed E-state index contributed by atoms with van der Waals surface area (Å²) in [6, 6.07) is 4.23. The van der Waals surface area contributed by atoms with Crippen molar-refractivity contribution in [2.75, 3.05) is 0 Å². The smallest absolute Gasteiger partial charge is 0.326 e. The maximum absolute atomic E-state index is 11.8. The number of nitriles is 1. The molecule has 1 heterocycles. The molecule has 0 saturated carbocycles. The summed E-state index contributed by atoms with van der Waals surface area (Å²) in [5.74, 6) is -1.28. The van der Waals surface area contributed by atoms with E-state index >= 15 is 0 Å². The highest BCUT2D eigenvalue weighted by Crippen LogP contribution is 2.03. The second-order valence-electron chi connectivity index (χ2n) is 4.66. The molecule has 1 atom stereocenters. The Balaban J connectivity index is 2.64. The van der Waals surface area contributed by atoms with E-state index in [1.165, 1.54) is 6.26 Å². The van der Waals surface area contributed by atoms with Crippen molar-refractivity contribution in [2.24, 2.45) is 5.92 Å². The lowest BCUT2D eigenvalue weighted by Gasteiger charge is -2.16. The lowest BCUT2D eigenvalue weighted by atomic mass is 10.1. The summed E-state index contributed by atoms with van der Waals surface area (Å²) in [5, 5.41) is 23.0. The van der Waals surface area contributed by atoms with Gasteiger partial charge in [-0.2, -0.15) is 5.26 Å². The summed E-state index contributed by atoms with van der Waals surface area (Å²) in [6.45, 7) is 3.60. The molecule has 7 nitrogen and oxygen atoms in total. The molecule has 1 amide bonds. The second-order valence-corrected chi connectivity index (χ2v) is 4.66. The largest absolute Gasteiger partial charge is 0.480 e. The maximum atomic E-state index is 11.8. The topological polar surface area (TPSA) is 115 Å². The van der Waals surface area contributed by atoms with Crippen LogP contribution in [0.4, 0.5) is 0 Å². The minimum atomic E-state index is -1.05. The van der Waals surface area contributed by atoms with E-state index < -0.39 is 17.9 Å². The summed E-state index contributed by atoms with van der Waals surface area (Å²) in [5.41, 5.74) is -0.201. The van der Waals surface area contributed by atoms with Crippen LogP contribution in [0.25, 0.3) is 0 Å². The van der Waals surface area contributed by atoms with Crippen LogP contribution < -0.4 is 10.6 Å². The van der Waals surface area contributed by atoms with Gasteiger partial charge in [0.1, 0.15) is 23.4 Å². The Kier molecular flexibility index (Phi) is 6.01. The number of amides is 1. The molecule has 1 aromatic rings. The molecule has 21 heavy (non-hydrogen) atoms. The molecule has 0 radical (unpaired) electrons. The third-order valence-corrected chi connectivity index (χ3v) is 2.71. The minimum Gasteiger partial charge on any atom is -0.480 e. The van der Waals surface area contributed by atoms with Crippen LogP contribution in [0.5, 0.6) is 0 Å². The number of hydrogen-bond acceptors (Lipinski definition) is 5. The van der Waals surface area contributed by atoms with E-state index in [2.05, 4.69) is 10.6 Å². The Bertz CT molecular complexity index is 555. The average molecular weight is 291 g/mol. The summed E-state index contributed by atoms with van der Waals surface area (Å²) < 4.78 is 5.05. The Morgan fingerprint density at radius 3 is 2.71 bits per heavy atom. The summed E-state index contributed by atoms with van der Waals surface area (Å²) >= 11 is 0. The highest BCUT2D eigenvalue weighted by Gasteiger charge is 2.20. The van der Waals surface area contributed by atoms with Crippen molar-refractivity contribution in [2.45, 2.75) is 26.4 Å². The zero-order valence-electron chi connectivity index (χ0n) is 11.8. The van der Waals surface area contributed by atoms with E-state index in [1.807, 2.05) is 0 Å². The van der Waals surface area contributed by atoms with Gasteiger partial charge in [-0.05, 0) is 18.1 Å². The summed E-state index contributed by atoms with van der Waals surface area (Å²) in [7, 11) is 0. The SMILES string of the molecule is CC(C)C(N/C=C(/C#N)C(=O)NCc1ccco1)C(=O)O. The molecule has 1 rings (SSSR count). The number of aliphatic carboxylic acids is 1. The molecule has 0 aliphatic carbocycles. The van der Waals surface area contributed by atoms with E-state index in [1.54, 1.807) is 32.0 Å². The lowest BCUT2D eigenvalue weighted by Crippen LogP contribution is -2.38. The highest BCUT2D eigenvalue weighted by molar-refractivity contribution is 5.97. The van der Waals surface area contributed by atoms with Crippen molar-refractivity contribution in [1.29, 1.82) is 5.26 Å². The first-order valence-electron chi connectivity index (χ1n) is 6.35. The van der Waals surface area contributed by atoms with Crippen LogP contribution in [0.3, 0.4) is 0 Å². The predicted molar refractivity (Wildman–Crippen MR) is 73.6 cm³/mol. The van der Waals surface area contributed by atoms with E-state index in [9.17, 15) is 9.59 Å². The fourth-order valence-corrected chi connectivity index (χ4v) is 1.55. The highest BCUT2D eigenvalue weighted by atomic mass is 16.4. The lowest BCUT2D eigenvalue weighted by molar-refractivity contribution is -0.140. The van der Waals surface area contributed by atoms with Gasteiger partial charge in [0.05, 0.1) is 12.8 Å². The van der Waals surface area contributed by atoms with Crippen molar-refractivity contribution in [3.05, 3.63) is 35.9 Å². The monoisotopic (exact) mass is 291 g/mol. The van der Waals surface area contributed by atoms with Gasteiger partial charge in [0.2, 0.25) is 0 Å². The van der Waals surface area contributed by atoms with Crippen molar-refractivity contribution in [3.63, 3.8) is 0 Å². The maximum Gasteiger partial charge on any atom is 0.326 e. The summed E-state index contributed by atoms with van der Waals surface area (Å²) in [4.78, 5) is 22.8. The zero-order chi connectivity index (χ0) is 15.8. The van der Waals surface area contributed by atoms with Crippen LogP contribution in [0, 0.1) is 17.2 Å². The number of nitrogens with zero attached hydrogens (tertiary/aromatic N) is 1. The third-order valence-electron chi connectivity index (χ3n) is 2.71. The van der Waals surface area contributed by atoms with E-state index in [-0.39, 0.29) is 18.0 Å². The van der Waals surface area contributed by atoms with Gasteiger partial charge in [0.25, 0.3) is 5.91 Å². The molecule has 1 unspecified atom stereocenters. The standard InChI is InChI=1S/C14H17N3O4/c1-9(2)12(14(19)20)16-7-10(6-15)13(18)17-8-11-4-3-5-21-11/h3-5,7,9,12,16H,8H2,1-2H3,(H,17,18)(H,19,20)/b10-7-. The van der Waals surface area contributed by atoms with Gasteiger partial charge < -0.3 is 20.2 Å². The number of furan rings is 1. The van der Waals surface area contributed by atoms with Crippen molar-refractivity contribution in [1.82, 2.24) is 10.6 Å². The molecule has 0 spiro atoms. The number of carbonyl (C=O) groups is 2. The van der Waals surface area contributed by atoms with E-state index in [0.29, 0.717) is 5.76 Å². The molecule has 0 fully saturated rings. The van der Waals surface area contributed by atoms with E-state index in [0.717, 1.165) is 6.20 Å². The number of rotatable bonds is 7. The van der Waals surface area contributed by atoms with Crippen LogP contribution in [0.15, 0.2) is 34.6 Å². The Morgan fingerprint density at radius 1 is 1.52 bits per heavy atom. The molecular weight excluding hydrogens is 274 g/mol. The third kappa shape index (κ3) is 5.03. The fraction of sp³-hybridized carbons (Fsp3) is 0.357. The van der Waals surface area contributed by atoms with Gasteiger partial charge in [0.15, 0.2) is 0 Å². The van der Waals surface area contributed by atoms with Gasteiger partial charge in [-0.25, -0.2) is 4.79 Å². The molecule has 1 aromatic heterocycles. The van der Waals surface area contributed by atoms with Crippen LogP contribution in [-0.2, 0) is 16.1 Å². The summed E-state index contributed by atoms with van der Waals surface area (Å²) in [6.07, 6.45) is 2.60.